The number of nitrogens with zero attached hydrogens (tertiary/aromatic N) is 3. The fraction of sp³-hybridized carbons (Fsp3) is 0.429. The second-order valence-corrected chi connectivity index (χ2v) is 7.41. The number of hydrogen-bond donors (Lipinski definition) is 1. The largest absolute Gasteiger partial charge is 0.341 e. The summed E-state index contributed by atoms with van der Waals surface area (Å²) >= 11 is 0. The summed E-state index contributed by atoms with van der Waals surface area (Å²) in [7, 11) is -2.65. The third kappa shape index (κ3) is 3.97. The molecule has 0 radical (unpaired) electrons. The molecule has 0 amide bonds. The lowest BCUT2D eigenvalue weighted by atomic mass is 10.2. The van der Waals surface area contributed by atoms with Gasteiger partial charge in [0.25, 0.3) is 5.89 Å². The molecule has 1 unspecified atom stereocenters. The van der Waals surface area contributed by atoms with Crippen LogP contribution in [0.4, 0.5) is 8.78 Å². The first kappa shape index (κ1) is 19.7. The van der Waals surface area contributed by atoms with Gasteiger partial charge in [-0.25, -0.2) is 8.42 Å². The van der Waals surface area contributed by atoms with Gasteiger partial charge in [-0.1, -0.05) is 5.16 Å². The topological polar surface area (TPSA) is 88.3 Å². The number of nitrogens with one attached hydrogen (secondary N) is 1. The Kier molecular flexibility index (Phi) is 6.09. The van der Waals surface area contributed by atoms with Crippen molar-refractivity contribution in [2.45, 2.75) is 16.7 Å². The summed E-state index contributed by atoms with van der Waals surface area (Å²) in [6.45, 7) is 2.44. The Balaban J connectivity index is 0.00000225. The highest BCUT2D eigenvalue weighted by molar-refractivity contribution is 7.91. The molecule has 138 valence electrons. The van der Waals surface area contributed by atoms with E-state index in [1.165, 1.54) is 12.1 Å². The van der Waals surface area contributed by atoms with Gasteiger partial charge in [-0.15, -0.1) is 12.4 Å². The molecule has 1 fully saturated rings. The zero-order valence-electron chi connectivity index (χ0n) is 13.2. The van der Waals surface area contributed by atoms with Crippen molar-refractivity contribution in [2.24, 2.45) is 0 Å². The van der Waals surface area contributed by atoms with E-state index < -0.39 is 20.5 Å². The number of halogens is 3. The molecule has 1 saturated heterocycles. The standard InChI is InChI=1S/C14H16F2N4O3S.ClH/c1-20-7-6-17-8-11(20)12-18-13(23-19-12)9-2-4-10(5-3-9)24(21,22)14(15)16;/h2-5,11,14,17H,6-8H2,1H3;1H. The zero-order valence-corrected chi connectivity index (χ0v) is 14.9. The first-order chi connectivity index (χ1) is 11.4. The van der Waals surface area contributed by atoms with Crippen molar-refractivity contribution in [3.63, 3.8) is 0 Å². The molecule has 1 aliphatic heterocycles. The van der Waals surface area contributed by atoms with Crippen molar-refractivity contribution in [1.29, 1.82) is 0 Å². The van der Waals surface area contributed by atoms with Gasteiger partial charge in [0.1, 0.15) is 0 Å². The van der Waals surface area contributed by atoms with Gasteiger partial charge in [0, 0.05) is 25.2 Å². The highest BCUT2D eigenvalue weighted by atomic mass is 35.5. The maximum atomic E-state index is 12.5. The highest BCUT2D eigenvalue weighted by Gasteiger charge is 2.27. The Bertz CT molecular complexity index is 814. The summed E-state index contributed by atoms with van der Waals surface area (Å²) in [6, 6.07) is 4.93. The molecular weight excluding hydrogens is 378 g/mol. The molecule has 2 heterocycles. The van der Waals surface area contributed by atoms with Gasteiger partial charge in [-0.3, -0.25) is 4.90 Å². The summed E-state index contributed by atoms with van der Waals surface area (Å²) in [5.74, 6) is -2.72. The van der Waals surface area contributed by atoms with E-state index in [0.717, 1.165) is 25.2 Å². The minimum absolute atomic E-state index is 0. The Morgan fingerprint density at radius 3 is 2.60 bits per heavy atom. The van der Waals surface area contributed by atoms with Crippen LogP contribution in [-0.2, 0) is 9.84 Å². The minimum Gasteiger partial charge on any atom is -0.334 e. The van der Waals surface area contributed by atoms with Crippen LogP contribution in [0.2, 0.25) is 0 Å². The van der Waals surface area contributed by atoms with Crippen LogP contribution in [0.25, 0.3) is 11.5 Å². The maximum Gasteiger partial charge on any atom is 0.341 e. The van der Waals surface area contributed by atoms with E-state index in [4.69, 9.17) is 4.52 Å². The maximum absolute atomic E-state index is 12.5. The molecule has 1 aromatic carbocycles. The lowest BCUT2D eigenvalue weighted by molar-refractivity contribution is 0.190. The van der Waals surface area contributed by atoms with E-state index >= 15 is 0 Å². The summed E-state index contributed by atoms with van der Waals surface area (Å²) in [5, 5.41) is 7.21. The van der Waals surface area contributed by atoms with Gasteiger partial charge in [-0.05, 0) is 31.3 Å². The molecule has 1 N–H and O–H groups in total. The number of benzene rings is 1. The number of aromatic nitrogens is 2. The molecule has 7 nitrogen and oxygen atoms in total. The summed E-state index contributed by atoms with van der Waals surface area (Å²) in [5.41, 5.74) is 0.466. The predicted molar refractivity (Wildman–Crippen MR) is 88.4 cm³/mol. The molecule has 0 saturated carbocycles. The van der Waals surface area contributed by atoms with Gasteiger partial charge in [-0.2, -0.15) is 13.8 Å². The Morgan fingerprint density at radius 1 is 1.32 bits per heavy atom. The third-order valence-corrected chi connectivity index (χ3v) is 5.31. The van der Waals surface area contributed by atoms with Gasteiger partial charge < -0.3 is 9.84 Å². The van der Waals surface area contributed by atoms with Crippen molar-refractivity contribution in [3.05, 3.63) is 30.1 Å². The second kappa shape index (κ2) is 7.73. The van der Waals surface area contributed by atoms with Gasteiger partial charge in [0.2, 0.25) is 9.84 Å². The lowest BCUT2D eigenvalue weighted by Gasteiger charge is -2.30. The first-order valence-corrected chi connectivity index (χ1v) is 8.81. The van der Waals surface area contributed by atoms with Crippen LogP contribution in [-0.4, -0.2) is 55.9 Å². The van der Waals surface area contributed by atoms with Crippen LogP contribution in [0.15, 0.2) is 33.7 Å². The van der Waals surface area contributed by atoms with Gasteiger partial charge >= 0.3 is 5.76 Å². The normalized spacial score (nSPS) is 19.0. The van der Waals surface area contributed by atoms with E-state index in [2.05, 4.69) is 20.4 Å². The Hall–Kier alpha value is -1.62. The fourth-order valence-electron chi connectivity index (χ4n) is 2.47. The van der Waals surface area contributed by atoms with Crippen LogP contribution in [0.1, 0.15) is 11.9 Å². The van der Waals surface area contributed by atoms with E-state index in [1.54, 1.807) is 0 Å². The average molecular weight is 395 g/mol. The van der Waals surface area contributed by atoms with Crippen LogP contribution in [0.5, 0.6) is 0 Å². The molecular formula is C14H17ClF2N4O3S. The van der Waals surface area contributed by atoms with Crippen molar-refractivity contribution in [1.82, 2.24) is 20.4 Å². The van der Waals surface area contributed by atoms with Crippen LogP contribution in [0, 0.1) is 0 Å². The fourth-order valence-corrected chi connectivity index (χ4v) is 3.19. The van der Waals surface area contributed by atoms with Crippen LogP contribution >= 0.6 is 12.4 Å². The Labute approximate surface area is 149 Å². The number of likely N-dealkylation sites (N-methyl/N-ethyl adjacent to an activating group) is 1. The number of piperazine rings is 1. The predicted octanol–water partition coefficient (Wildman–Crippen LogP) is 1.73. The van der Waals surface area contributed by atoms with Crippen LogP contribution < -0.4 is 5.32 Å². The number of sulfone groups is 1. The van der Waals surface area contributed by atoms with Crippen LogP contribution in [0.3, 0.4) is 0 Å². The summed E-state index contributed by atoms with van der Waals surface area (Å²) < 4.78 is 53.1. The summed E-state index contributed by atoms with van der Waals surface area (Å²) in [4.78, 5) is 5.98. The van der Waals surface area contributed by atoms with E-state index in [1.807, 2.05) is 7.05 Å². The molecule has 3 rings (SSSR count). The van der Waals surface area contributed by atoms with E-state index in [9.17, 15) is 17.2 Å². The van der Waals surface area contributed by atoms with Crippen molar-refractivity contribution < 1.29 is 21.7 Å². The van der Waals surface area contributed by atoms with Crippen molar-refractivity contribution >= 4 is 22.2 Å². The molecule has 1 aliphatic rings. The van der Waals surface area contributed by atoms with Crippen molar-refractivity contribution in [2.75, 3.05) is 26.7 Å². The summed E-state index contributed by atoms with van der Waals surface area (Å²) in [6.07, 6.45) is 0. The minimum atomic E-state index is -4.61. The van der Waals surface area contributed by atoms with Gasteiger partial charge in [0.05, 0.1) is 10.9 Å². The van der Waals surface area contributed by atoms with E-state index in [0.29, 0.717) is 17.9 Å². The number of hydrogen-bond acceptors (Lipinski definition) is 7. The van der Waals surface area contributed by atoms with Crippen molar-refractivity contribution in [3.8, 4) is 11.5 Å². The molecule has 11 heteroatoms. The lowest BCUT2D eigenvalue weighted by Crippen LogP contribution is -2.44. The third-order valence-electron chi connectivity index (χ3n) is 3.92. The highest BCUT2D eigenvalue weighted by Crippen LogP contribution is 2.25. The average Bonchev–Trinajstić information content (AvgIpc) is 3.05. The molecule has 0 aliphatic carbocycles. The second-order valence-electron chi connectivity index (χ2n) is 5.49. The molecule has 25 heavy (non-hydrogen) atoms. The number of alkyl halides is 2. The Morgan fingerprint density at radius 2 is 2.00 bits per heavy atom. The monoisotopic (exact) mass is 394 g/mol. The zero-order chi connectivity index (χ0) is 17.3. The molecule has 1 aromatic heterocycles. The molecule has 1 atom stereocenters. The number of rotatable bonds is 4. The molecule has 0 bridgehead atoms. The molecule has 0 spiro atoms. The van der Waals surface area contributed by atoms with Gasteiger partial charge in [0.15, 0.2) is 5.82 Å². The molecule has 2 aromatic rings. The first-order valence-electron chi connectivity index (χ1n) is 7.26. The van der Waals surface area contributed by atoms with E-state index in [-0.39, 0.29) is 24.3 Å². The smallest absolute Gasteiger partial charge is 0.334 e. The quantitative estimate of drug-likeness (QED) is 0.844. The SMILES string of the molecule is CN1CCNCC1c1noc(-c2ccc(S(=O)(=O)C(F)F)cc2)n1.Cl.